The van der Waals surface area contributed by atoms with E-state index in [2.05, 4.69) is 53.3 Å². The molecule has 1 aliphatic heterocycles. The van der Waals surface area contributed by atoms with Gasteiger partial charge in [0, 0.05) is 49.9 Å². The van der Waals surface area contributed by atoms with Crippen LogP contribution >= 0.6 is 0 Å². The molecule has 1 saturated heterocycles. The average Bonchev–Trinajstić information content (AvgIpc) is 3.18. The zero-order valence-electron chi connectivity index (χ0n) is 19.5. The molecule has 1 aliphatic carbocycles. The van der Waals surface area contributed by atoms with Gasteiger partial charge in [-0.15, -0.1) is 12.3 Å². The monoisotopic (exact) mass is 451 g/mol. The summed E-state index contributed by atoms with van der Waals surface area (Å²) < 4.78 is 5.84. The van der Waals surface area contributed by atoms with Crippen molar-refractivity contribution in [2.75, 3.05) is 43.4 Å². The average molecular weight is 452 g/mol. The molecule has 3 aromatic carbocycles. The Labute approximate surface area is 201 Å². The maximum absolute atomic E-state index is 12.9. The molecule has 34 heavy (non-hydrogen) atoms. The van der Waals surface area contributed by atoms with Crippen molar-refractivity contribution in [2.24, 2.45) is 0 Å². The number of piperazine rings is 1. The third-order valence-electron chi connectivity index (χ3n) is 7.00. The molecule has 1 heterocycles. The van der Waals surface area contributed by atoms with Crippen LogP contribution in [0.3, 0.4) is 0 Å². The van der Waals surface area contributed by atoms with Crippen molar-refractivity contribution in [3.63, 3.8) is 0 Å². The van der Waals surface area contributed by atoms with E-state index in [0.29, 0.717) is 26.1 Å². The van der Waals surface area contributed by atoms with Gasteiger partial charge in [0.2, 0.25) is 0 Å². The first-order chi connectivity index (χ1) is 16.6. The summed E-state index contributed by atoms with van der Waals surface area (Å²) in [5, 5.41) is 0. The maximum atomic E-state index is 12.9. The van der Waals surface area contributed by atoms with Crippen LogP contribution in [0.5, 0.6) is 0 Å². The van der Waals surface area contributed by atoms with Crippen LogP contribution in [0.15, 0.2) is 60.7 Å². The molecule has 1 fully saturated rings. The van der Waals surface area contributed by atoms with Crippen LogP contribution in [0.1, 0.15) is 28.2 Å². The predicted molar refractivity (Wildman–Crippen MR) is 137 cm³/mol. The molecule has 5 heteroatoms. The zero-order valence-corrected chi connectivity index (χ0v) is 19.5. The van der Waals surface area contributed by atoms with Crippen LogP contribution in [-0.2, 0) is 11.2 Å². The summed E-state index contributed by atoms with van der Waals surface area (Å²) in [5.41, 5.74) is 15.1. The van der Waals surface area contributed by atoms with E-state index >= 15 is 0 Å². The quantitative estimate of drug-likeness (QED) is 0.456. The number of amides is 1. The summed E-state index contributed by atoms with van der Waals surface area (Å²) in [4.78, 5) is 17.0. The highest BCUT2D eigenvalue weighted by Crippen LogP contribution is 2.44. The largest absolute Gasteiger partial charge is 0.448 e. The number of rotatable bonds is 4. The molecule has 1 amide bonds. The SMILES string of the molecule is C#CCc1cc(N)c(C)c(N2CCN(C(=O)OCC3c4ccccc4-c4ccccc43)CC2)c1. The lowest BCUT2D eigenvalue weighted by Gasteiger charge is -2.36. The molecular formula is C29H29N3O2. The minimum absolute atomic E-state index is 0.0714. The number of terminal acetylenes is 1. The summed E-state index contributed by atoms with van der Waals surface area (Å²) in [5.74, 6) is 2.76. The second-order valence-electron chi connectivity index (χ2n) is 8.99. The Hall–Kier alpha value is -3.91. The van der Waals surface area contributed by atoms with E-state index in [1.807, 2.05) is 25.1 Å². The van der Waals surface area contributed by atoms with Crippen LogP contribution in [0.4, 0.5) is 16.2 Å². The number of carbonyl (C=O) groups is 1. The molecule has 0 aromatic heterocycles. The van der Waals surface area contributed by atoms with E-state index in [1.165, 1.54) is 22.3 Å². The van der Waals surface area contributed by atoms with Crippen molar-refractivity contribution in [1.82, 2.24) is 4.90 Å². The van der Waals surface area contributed by atoms with Gasteiger partial charge in [0.15, 0.2) is 0 Å². The Bertz CT molecular complexity index is 1220. The van der Waals surface area contributed by atoms with Crippen molar-refractivity contribution in [2.45, 2.75) is 19.3 Å². The van der Waals surface area contributed by atoms with Crippen molar-refractivity contribution < 1.29 is 9.53 Å². The lowest BCUT2D eigenvalue weighted by Crippen LogP contribution is -2.49. The summed E-state index contributed by atoms with van der Waals surface area (Å²) in [7, 11) is 0. The minimum atomic E-state index is -0.251. The standard InChI is InChI=1S/C29H29N3O2/c1-3-8-21-17-27(30)20(2)28(18-21)31-13-15-32(16-14-31)29(33)34-19-26-24-11-6-4-9-22(24)23-10-5-7-12-25(23)26/h1,4-7,9-12,17-18,26H,8,13-16,19,30H2,2H3. The van der Waals surface area contributed by atoms with E-state index in [-0.39, 0.29) is 12.0 Å². The van der Waals surface area contributed by atoms with E-state index in [1.54, 1.807) is 4.90 Å². The van der Waals surface area contributed by atoms with Crippen molar-refractivity contribution in [3.05, 3.63) is 82.9 Å². The molecule has 172 valence electrons. The fourth-order valence-electron chi connectivity index (χ4n) is 5.14. The van der Waals surface area contributed by atoms with Gasteiger partial charge in [0.05, 0.1) is 0 Å². The molecule has 5 nitrogen and oxygen atoms in total. The van der Waals surface area contributed by atoms with Crippen molar-refractivity contribution in [3.8, 4) is 23.5 Å². The van der Waals surface area contributed by atoms with Gasteiger partial charge in [-0.25, -0.2) is 4.79 Å². The molecule has 2 aliphatic rings. The predicted octanol–water partition coefficient (Wildman–Crippen LogP) is 4.82. The highest BCUT2D eigenvalue weighted by atomic mass is 16.6. The van der Waals surface area contributed by atoms with Gasteiger partial charge >= 0.3 is 6.09 Å². The fraction of sp³-hybridized carbons (Fsp3) is 0.276. The van der Waals surface area contributed by atoms with Gasteiger partial charge in [-0.2, -0.15) is 0 Å². The second-order valence-corrected chi connectivity index (χ2v) is 8.99. The van der Waals surface area contributed by atoms with Gasteiger partial charge in [-0.3, -0.25) is 0 Å². The number of hydrogen-bond donors (Lipinski definition) is 1. The molecule has 0 spiro atoms. The summed E-state index contributed by atoms with van der Waals surface area (Å²) in [6.45, 7) is 5.04. The van der Waals surface area contributed by atoms with Crippen LogP contribution in [-0.4, -0.2) is 43.8 Å². The van der Waals surface area contributed by atoms with Gasteiger partial charge < -0.3 is 20.3 Å². The van der Waals surface area contributed by atoms with Crippen molar-refractivity contribution >= 4 is 17.5 Å². The Kier molecular flexibility index (Phi) is 5.90. The maximum Gasteiger partial charge on any atom is 0.409 e. The number of hydrogen-bond acceptors (Lipinski definition) is 4. The third-order valence-corrected chi connectivity index (χ3v) is 7.00. The number of anilines is 2. The van der Waals surface area contributed by atoms with Crippen LogP contribution in [0.2, 0.25) is 0 Å². The first-order valence-corrected chi connectivity index (χ1v) is 11.7. The topological polar surface area (TPSA) is 58.8 Å². The van der Waals surface area contributed by atoms with Gasteiger partial charge in [-0.1, -0.05) is 48.5 Å². The Morgan fingerprint density at radius 3 is 2.26 bits per heavy atom. The molecule has 0 radical (unpaired) electrons. The Balaban J connectivity index is 1.23. The number of nitrogens with two attached hydrogens (primary N) is 1. The van der Waals surface area contributed by atoms with E-state index < -0.39 is 0 Å². The fourth-order valence-corrected chi connectivity index (χ4v) is 5.14. The number of carbonyl (C=O) groups excluding carboxylic acids is 1. The first kappa shape index (κ1) is 21.9. The highest BCUT2D eigenvalue weighted by Gasteiger charge is 2.30. The van der Waals surface area contributed by atoms with E-state index in [0.717, 1.165) is 35.6 Å². The third kappa shape index (κ3) is 3.97. The molecule has 3 aromatic rings. The molecule has 0 bridgehead atoms. The van der Waals surface area contributed by atoms with Crippen LogP contribution in [0, 0.1) is 19.3 Å². The molecule has 0 atom stereocenters. The first-order valence-electron chi connectivity index (χ1n) is 11.7. The normalized spacial score (nSPS) is 14.9. The lowest BCUT2D eigenvalue weighted by molar-refractivity contribution is 0.0977. The van der Waals surface area contributed by atoms with Crippen LogP contribution < -0.4 is 10.6 Å². The van der Waals surface area contributed by atoms with Gasteiger partial charge in [0.1, 0.15) is 6.61 Å². The molecule has 5 rings (SSSR count). The Morgan fingerprint density at radius 1 is 1.03 bits per heavy atom. The summed E-state index contributed by atoms with van der Waals surface area (Å²) >= 11 is 0. The zero-order chi connectivity index (χ0) is 23.7. The van der Waals surface area contributed by atoms with Gasteiger partial charge in [0.25, 0.3) is 0 Å². The Morgan fingerprint density at radius 2 is 1.65 bits per heavy atom. The number of benzene rings is 3. The molecular weight excluding hydrogens is 422 g/mol. The minimum Gasteiger partial charge on any atom is -0.448 e. The smallest absolute Gasteiger partial charge is 0.409 e. The van der Waals surface area contributed by atoms with E-state index in [9.17, 15) is 4.79 Å². The van der Waals surface area contributed by atoms with E-state index in [4.69, 9.17) is 16.9 Å². The number of nitrogens with zero attached hydrogens (tertiary/aromatic N) is 2. The highest BCUT2D eigenvalue weighted by molar-refractivity contribution is 5.79. The van der Waals surface area contributed by atoms with Crippen LogP contribution in [0.25, 0.3) is 11.1 Å². The molecule has 2 N–H and O–H groups in total. The second kappa shape index (κ2) is 9.15. The summed E-state index contributed by atoms with van der Waals surface area (Å²) in [6, 6.07) is 20.8. The molecule has 0 saturated carbocycles. The lowest BCUT2D eigenvalue weighted by atomic mass is 9.98. The van der Waals surface area contributed by atoms with Crippen molar-refractivity contribution in [1.29, 1.82) is 0 Å². The van der Waals surface area contributed by atoms with Gasteiger partial charge in [-0.05, 0) is 52.4 Å². The number of nitrogen functional groups attached to an aromatic ring is 1. The number of fused-ring (bicyclic) bond motifs is 3. The number of ether oxygens (including phenoxy) is 1. The molecule has 0 unspecified atom stereocenters. The summed E-state index contributed by atoms with van der Waals surface area (Å²) in [6.07, 6.45) is 5.79.